The minimum Gasteiger partial charge on any atom is -0.491 e. The van der Waals surface area contributed by atoms with Crippen LogP contribution in [0.4, 0.5) is 18.9 Å². The summed E-state index contributed by atoms with van der Waals surface area (Å²) >= 11 is 6.23. The molecule has 0 heterocycles. The second kappa shape index (κ2) is 13.9. The summed E-state index contributed by atoms with van der Waals surface area (Å²) in [6, 6.07) is 18.0. The third kappa shape index (κ3) is 8.64. The van der Waals surface area contributed by atoms with Gasteiger partial charge < -0.3 is 20.5 Å². The van der Waals surface area contributed by atoms with Crippen molar-refractivity contribution < 1.29 is 32.6 Å². The molecule has 0 saturated carbocycles. The van der Waals surface area contributed by atoms with Gasteiger partial charge in [0.15, 0.2) is 6.17 Å². The van der Waals surface area contributed by atoms with Crippen molar-refractivity contribution in [3.8, 4) is 16.9 Å². The number of anilines is 1. The molecule has 0 spiro atoms. The molecule has 2 atom stereocenters. The van der Waals surface area contributed by atoms with E-state index in [9.17, 15) is 22.8 Å². The van der Waals surface area contributed by atoms with Crippen LogP contribution >= 0.6 is 11.6 Å². The van der Waals surface area contributed by atoms with Crippen LogP contribution in [0.1, 0.15) is 42.4 Å². The van der Waals surface area contributed by atoms with Crippen molar-refractivity contribution in [3.05, 3.63) is 82.9 Å². The van der Waals surface area contributed by atoms with Crippen molar-refractivity contribution in [1.29, 1.82) is 0 Å². The molecule has 0 saturated heterocycles. The van der Waals surface area contributed by atoms with Gasteiger partial charge in [-0.3, -0.25) is 9.59 Å². The lowest BCUT2D eigenvalue weighted by Gasteiger charge is -2.24. The first kappa shape index (κ1) is 29.8. The summed E-state index contributed by atoms with van der Waals surface area (Å²) in [4.78, 5) is 22.7. The van der Waals surface area contributed by atoms with Gasteiger partial charge in [0.1, 0.15) is 12.4 Å². The van der Waals surface area contributed by atoms with Crippen molar-refractivity contribution in [1.82, 2.24) is 5.32 Å². The number of hydrogen-bond donors (Lipinski definition) is 3. The molecular weight excluding hydrogens is 533 g/mol. The quantitative estimate of drug-likeness (QED) is 0.209. The van der Waals surface area contributed by atoms with E-state index in [0.29, 0.717) is 23.5 Å². The third-order valence-corrected chi connectivity index (χ3v) is 6.37. The zero-order valence-corrected chi connectivity index (χ0v) is 22.2. The largest absolute Gasteiger partial charge is 0.491 e. The van der Waals surface area contributed by atoms with E-state index in [1.807, 2.05) is 0 Å². The Morgan fingerprint density at radius 2 is 1.64 bits per heavy atom. The fourth-order valence-electron chi connectivity index (χ4n) is 3.72. The lowest BCUT2D eigenvalue weighted by Crippen LogP contribution is -2.32. The lowest BCUT2D eigenvalue weighted by atomic mass is 10.0. The van der Waals surface area contributed by atoms with Crippen LogP contribution < -0.4 is 15.4 Å². The second-order valence-electron chi connectivity index (χ2n) is 9.28. The summed E-state index contributed by atoms with van der Waals surface area (Å²) in [6.45, 7) is 4.52. The highest BCUT2D eigenvalue weighted by atomic mass is 35.5. The van der Waals surface area contributed by atoms with Gasteiger partial charge in [-0.1, -0.05) is 49.7 Å². The monoisotopic (exact) mass is 562 g/mol. The average Bonchev–Trinajstić information content (AvgIpc) is 2.90. The smallest absolute Gasteiger partial charge is 0.305 e. The van der Waals surface area contributed by atoms with Crippen LogP contribution in [0, 0.1) is 5.92 Å². The van der Waals surface area contributed by atoms with E-state index in [-0.39, 0.29) is 41.4 Å². The van der Waals surface area contributed by atoms with Gasteiger partial charge in [-0.15, -0.1) is 0 Å². The number of alkyl halides is 3. The van der Waals surface area contributed by atoms with Gasteiger partial charge in [0, 0.05) is 28.4 Å². The van der Waals surface area contributed by atoms with Crippen molar-refractivity contribution in [2.24, 2.45) is 5.92 Å². The van der Waals surface area contributed by atoms with Crippen molar-refractivity contribution in [2.45, 2.75) is 38.9 Å². The molecule has 1 amide bonds. The van der Waals surface area contributed by atoms with Crippen LogP contribution in [0.2, 0.25) is 5.02 Å². The summed E-state index contributed by atoms with van der Waals surface area (Å²) in [7, 11) is 0. The number of carboxylic acids is 1. The minimum absolute atomic E-state index is 0.0506. The standard InChI is InChI=1S/C29H30ClF3N2O4/c1-17(2)25(35-21-8-3-19(4-9-21)29(38)34-14-13-26(36)37)16-39-22-10-5-18(6-11-22)23-12-7-20(15-24(23)30)27(31)28(32)33/h3-12,15,17,25,27-28,35H,13-14,16H2,1-2H3,(H,34,38)(H,36,37). The molecule has 208 valence electrons. The van der Waals surface area contributed by atoms with E-state index < -0.39 is 18.6 Å². The molecule has 10 heteroatoms. The van der Waals surface area contributed by atoms with Crippen LogP contribution in [-0.2, 0) is 4.79 Å². The van der Waals surface area contributed by atoms with Crippen LogP contribution in [0.15, 0.2) is 66.7 Å². The molecule has 0 radical (unpaired) electrons. The van der Waals surface area contributed by atoms with Crippen LogP contribution in [0.3, 0.4) is 0 Å². The fraction of sp³-hybridized carbons (Fsp3) is 0.310. The Hall–Kier alpha value is -3.72. The molecule has 0 aliphatic heterocycles. The van der Waals surface area contributed by atoms with Crippen molar-refractivity contribution in [2.75, 3.05) is 18.5 Å². The molecule has 2 unspecified atom stereocenters. The Labute approximate surface area is 230 Å². The number of amides is 1. The number of halogens is 4. The Bertz CT molecular complexity index is 1250. The van der Waals surface area contributed by atoms with E-state index in [4.69, 9.17) is 21.4 Å². The minimum atomic E-state index is -3.12. The van der Waals surface area contributed by atoms with Gasteiger partial charge in [-0.25, -0.2) is 13.2 Å². The molecule has 6 nitrogen and oxygen atoms in total. The molecule has 39 heavy (non-hydrogen) atoms. The van der Waals surface area contributed by atoms with E-state index in [0.717, 1.165) is 11.3 Å². The molecule has 3 N–H and O–H groups in total. The maximum atomic E-state index is 13.6. The van der Waals surface area contributed by atoms with Gasteiger partial charge in [-0.2, -0.15) is 0 Å². The predicted octanol–water partition coefficient (Wildman–Crippen LogP) is 7.00. The lowest BCUT2D eigenvalue weighted by molar-refractivity contribution is -0.136. The first-order valence-electron chi connectivity index (χ1n) is 12.4. The maximum Gasteiger partial charge on any atom is 0.305 e. The molecule has 0 fully saturated rings. The maximum absolute atomic E-state index is 13.6. The number of carboxylic acid groups (broad SMARTS) is 1. The number of hydrogen-bond acceptors (Lipinski definition) is 4. The Morgan fingerprint density at radius 3 is 2.21 bits per heavy atom. The molecule has 3 aromatic rings. The van der Waals surface area contributed by atoms with Gasteiger partial charge in [0.25, 0.3) is 12.3 Å². The van der Waals surface area contributed by atoms with Gasteiger partial charge in [0.2, 0.25) is 0 Å². The van der Waals surface area contributed by atoms with Crippen molar-refractivity contribution >= 4 is 29.2 Å². The topological polar surface area (TPSA) is 87.7 Å². The summed E-state index contributed by atoms with van der Waals surface area (Å²) in [5.74, 6) is -0.483. The number of nitrogens with one attached hydrogen (secondary N) is 2. The molecule has 3 rings (SSSR count). The van der Waals surface area contributed by atoms with Gasteiger partial charge in [-0.05, 0) is 59.5 Å². The number of aliphatic carboxylic acids is 1. The SMILES string of the molecule is CC(C)C(COc1ccc(-c2ccc(C(F)C(F)F)cc2Cl)cc1)Nc1ccc(C(=O)NCCC(=O)O)cc1. The van der Waals surface area contributed by atoms with E-state index in [1.54, 1.807) is 48.5 Å². The normalized spacial score (nSPS) is 12.7. The van der Waals surface area contributed by atoms with Crippen LogP contribution in [0.5, 0.6) is 5.75 Å². The zero-order valence-electron chi connectivity index (χ0n) is 21.5. The Morgan fingerprint density at radius 1 is 0.974 bits per heavy atom. The molecule has 0 aliphatic carbocycles. The number of rotatable bonds is 13. The first-order chi connectivity index (χ1) is 18.5. The summed E-state index contributed by atoms with van der Waals surface area (Å²) in [6.07, 6.45) is -5.65. The Kier molecular flexibility index (Phi) is 10.6. The average molecular weight is 563 g/mol. The molecule has 0 aliphatic rings. The van der Waals surface area contributed by atoms with Gasteiger partial charge in [0.05, 0.1) is 12.5 Å². The number of carbonyl (C=O) groups is 2. The summed E-state index contributed by atoms with van der Waals surface area (Å²) in [5.41, 5.74) is 2.39. The number of ether oxygens (including phenoxy) is 1. The van der Waals surface area contributed by atoms with E-state index in [2.05, 4.69) is 24.5 Å². The summed E-state index contributed by atoms with van der Waals surface area (Å²) in [5, 5.41) is 14.8. The van der Waals surface area contributed by atoms with Crippen LogP contribution in [0.25, 0.3) is 11.1 Å². The Balaban J connectivity index is 1.58. The third-order valence-electron chi connectivity index (χ3n) is 6.06. The van der Waals surface area contributed by atoms with E-state index in [1.165, 1.54) is 18.2 Å². The molecular formula is C29H30ClF3N2O4. The highest BCUT2D eigenvalue weighted by Gasteiger charge is 2.22. The first-order valence-corrected chi connectivity index (χ1v) is 12.7. The highest BCUT2D eigenvalue weighted by molar-refractivity contribution is 6.33. The number of benzene rings is 3. The van der Waals surface area contributed by atoms with Crippen molar-refractivity contribution in [3.63, 3.8) is 0 Å². The number of carbonyl (C=O) groups excluding carboxylic acids is 1. The summed E-state index contributed by atoms with van der Waals surface area (Å²) < 4.78 is 44.9. The van der Waals surface area contributed by atoms with E-state index >= 15 is 0 Å². The highest BCUT2D eigenvalue weighted by Crippen LogP contribution is 2.34. The second-order valence-corrected chi connectivity index (χ2v) is 9.69. The molecule has 0 bridgehead atoms. The zero-order chi connectivity index (χ0) is 28.5. The fourth-order valence-corrected chi connectivity index (χ4v) is 4.02. The predicted molar refractivity (Wildman–Crippen MR) is 146 cm³/mol. The van der Waals surface area contributed by atoms with Gasteiger partial charge >= 0.3 is 5.97 Å². The van der Waals surface area contributed by atoms with Crippen LogP contribution in [-0.4, -0.2) is 42.6 Å². The molecule has 0 aromatic heterocycles. The molecule has 3 aromatic carbocycles.